The van der Waals surface area contributed by atoms with E-state index in [1.807, 2.05) is 0 Å². The molecule has 2 N–H and O–H groups in total. The van der Waals surface area contributed by atoms with Gasteiger partial charge in [-0.05, 0) is 18.0 Å². The summed E-state index contributed by atoms with van der Waals surface area (Å²) >= 11 is 0. The molecule has 1 saturated heterocycles. The molecule has 21 heavy (non-hydrogen) atoms. The van der Waals surface area contributed by atoms with Gasteiger partial charge in [0, 0.05) is 25.7 Å². The number of rotatable bonds is 7. The average Bonchev–Trinajstić information content (AvgIpc) is 2.53. The summed E-state index contributed by atoms with van der Waals surface area (Å²) in [6.07, 6.45) is -0.0275. The molecule has 1 aliphatic heterocycles. The Labute approximate surface area is 128 Å². The molecule has 0 aromatic heterocycles. The van der Waals surface area contributed by atoms with Gasteiger partial charge in [0.2, 0.25) is 0 Å². The molecule has 0 bridgehead atoms. The van der Waals surface area contributed by atoms with E-state index in [0.29, 0.717) is 12.0 Å². The molecular weight excluding hydrogens is 264 g/mol. The van der Waals surface area contributed by atoms with Crippen molar-refractivity contribution in [2.45, 2.75) is 26.0 Å². The Balaban J connectivity index is 1.97. The standard InChI is InChI=1S/C17H28N2O2/c1-3-18-17(15-7-5-4-6-8-15)14(2)11-19-9-10-21-16(12-19)13-20/h4-8,14,16-18,20H,3,9-13H2,1-2H3. The van der Waals surface area contributed by atoms with Gasteiger partial charge in [-0.1, -0.05) is 44.2 Å². The number of morpholine rings is 1. The first kappa shape index (κ1) is 16.4. The van der Waals surface area contributed by atoms with Gasteiger partial charge in [-0.25, -0.2) is 0 Å². The lowest BCUT2D eigenvalue weighted by Gasteiger charge is -2.36. The molecule has 2 rings (SSSR count). The first-order valence-electron chi connectivity index (χ1n) is 7.97. The van der Waals surface area contributed by atoms with E-state index in [2.05, 4.69) is 54.4 Å². The Kier molecular flexibility index (Phi) is 6.64. The summed E-state index contributed by atoms with van der Waals surface area (Å²) in [5.74, 6) is 0.504. The average molecular weight is 292 g/mol. The molecule has 3 atom stereocenters. The summed E-state index contributed by atoms with van der Waals surface area (Å²) in [4.78, 5) is 2.41. The van der Waals surface area contributed by atoms with Crippen LogP contribution in [0.4, 0.5) is 0 Å². The van der Waals surface area contributed by atoms with Crippen molar-refractivity contribution in [1.82, 2.24) is 10.2 Å². The minimum atomic E-state index is -0.0275. The number of hydrogen-bond acceptors (Lipinski definition) is 4. The van der Waals surface area contributed by atoms with Crippen molar-refractivity contribution in [2.75, 3.05) is 39.4 Å². The minimum Gasteiger partial charge on any atom is -0.394 e. The van der Waals surface area contributed by atoms with Crippen LogP contribution in [0.25, 0.3) is 0 Å². The van der Waals surface area contributed by atoms with Crippen molar-refractivity contribution >= 4 is 0 Å². The second kappa shape index (κ2) is 8.49. The van der Waals surface area contributed by atoms with Gasteiger partial charge in [-0.2, -0.15) is 0 Å². The highest BCUT2D eigenvalue weighted by atomic mass is 16.5. The lowest BCUT2D eigenvalue weighted by atomic mass is 9.93. The van der Waals surface area contributed by atoms with Gasteiger partial charge in [0.1, 0.15) is 0 Å². The maximum absolute atomic E-state index is 9.25. The summed E-state index contributed by atoms with van der Waals surface area (Å²) < 4.78 is 5.52. The summed E-state index contributed by atoms with van der Waals surface area (Å²) in [6.45, 7) is 9.04. The lowest BCUT2D eigenvalue weighted by molar-refractivity contribution is -0.0567. The second-order valence-corrected chi connectivity index (χ2v) is 5.86. The molecule has 1 aliphatic rings. The zero-order valence-electron chi connectivity index (χ0n) is 13.2. The number of nitrogens with zero attached hydrogens (tertiary/aromatic N) is 1. The monoisotopic (exact) mass is 292 g/mol. The first-order valence-corrected chi connectivity index (χ1v) is 7.97. The van der Waals surface area contributed by atoms with E-state index in [-0.39, 0.29) is 12.7 Å². The Morgan fingerprint density at radius 3 is 2.81 bits per heavy atom. The van der Waals surface area contributed by atoms with Crippen LogP contribution in [0.3, 0.4) is 0 Å². The first-order chi connectivity index (χ1) is 10.2. The van der Waals surface area contributed by atoms with E-state index in [1.54, 1.807) is 0 Å². The van der Waals surface area contributed by atoms with Gasteiger partial charge in [0.25, 0.3) is 0 Å². The summed E-state index contributed by atoms with van der Waals surface area (Å²) in [5.41, 5.74) is 1.35. The van der Waals surface area contributed by atoms with Crippen molar-refractivity contribution in [3.8, 4) is 0 Å². The van der Waals surface area contributed by atoms with Crippen LogP contribution in [0.1, 0.15) is 25.5 Å². The highest BCUT2D eigenvalue weighted by Crippen LogP contribution is 2.23. The highest BCUT2D eigenvalue weighted by molar-refractivity contribution is 5.19. The van der Waals surface area contributed by atoms with Gasteiger partial charge in [0.05, 0.1) is 19.3 Å². The SMILES string of the molecule is CCNC(c1ccccc1)C(C)CN1CCOC(CO)C1. The van der Waals surface area contributed by atoms with Gasteiger partial charge in [-0.15, -0.1) is 0 Å². The molecule has 0 aliphatic carbocycles. The van der Waals surface area contributed by atoms with Crippen molar-refractivity contribution < 1.29 is 9.84 Å². The fourth-order valence-electron chi connectivity index (χ4n) is 3.10. The van der Waals surface area contributed by atoms with Crippen LogP contribution in [0.5, 0.6) is 0 Å². The number of aliphatic hydroxyl groups is 1. The number of benzene rings is 1. The number of ether oxygens (including phenoxy) is 1. The van der Waals surface area contributed by atoms with Crippen LogP contribution in [0.2, 0.25) is 0 Å². The second-order valence-electron chi connectivity index (χ2n) is 5.86. The molecule has 0 spiro atoms. The van der Waals surface area contributed by atoms with Crippen LogP contribution < -0.4 is 5.32 Å². The summed E-state index contributed by atoms with van der Waals surface area (Å²) in [5, 5.41) is 12.9. The minimum absolute atomic E-state index is 0.0275. The van der Waals surface area contributed by atoms with Gasteiger partial charge < -0.3 is 15.2 Å². The summed E-state index contributed by atoms with van der Waals surface area (Å²) in [6, 6.07) is 11.0. The Bertz CT molecular complexity index is 399. The van der Waals surface area contributed by atoms with Crippen LogP contribution in [0.15, 0.2) is 30.3 Å². The van der Waals surface area contributed by atoms with E-state index in [0.717, 1.165) is 32.8 Å². The van der Waals surface area contributed by atoms with E-state index >= 15 is 0 Å². The van der Waals surface area contributed by atoms with Crippen molar-refractivity contribution in [3.63, 3.8) is 0 Å². The van der Waals surface area contributed by atoms with Crippen LogP contribution in [0, 0.1) is 5.92 Å². The van der Waals surface area contributed by atoms with E-state index in [4.69, 9.17) is 4.74 Å². The van der Waals surface area contributed by atoms with E-state index in [1.165, 1.54) is 5.56 Å². The largest absolute Gasteiger partial charge is 0.394 e. The van der Waals surface area contributed by atoms with Crippen molar-refractivity contribution in [3.05, 3.63) is 35.9 Å². The molecule has 1 aromatic carbocycles. The molecule has 0 saturated carbocycles. The molecule has 4 heteroatoms. The van der Waals surface area contributed by atoms with Gasteiger partial charge in [0.15, 0.2) is 0 Å². The molecule has 0 radical (unpaired) electrons. The van der Waals surface area contributed by atoms with Gasteiger partial charge >= 0.3 is 0 Å². The Hall–Kier alpha value is -0.940. The zero-order valence-corrected chi connectivity index (χ0v) is 13.2. The molecule has 118 valence electrons. The third-order valence-corrected chi connectivity index (χ3v) is 4.12. The molecule has 4 nitrogen and oxygen atoms in total. The third-order valence-electron chi connectivity index (χ3n) is 4.12. The number of hydrogen-bond donors (Lipinski definition) is 2. The Morgan fingerprint density at radius 2 is 2.14 bits per heavy atom. The third kappa shape index (κ3) is 4.78. The molecule has 1 fully saturated rings. The van der Waals surface area contributed by atoms with Crippen molar-refractivity contribution in [2.24, 2.45) is 5.92 Å². The zero-order chi connectivity index (χ0) is 15.1. The molecule has 1 heterocycles. The number of aliphatic hydroxyl groups excluding tert-OH is 1. The van der Waals surface area contributed by atoms with Crippen LogP contribution in [-0.4, -0.2) is 55.5 Å². The predicted molar refractivity (Wildman–Crippen MR) is 85.3 cm³/mol. The van der Waals surface area contributed by atoms with Crippen LogP contribution in [-0.2, 0) is 4.74 Å². The summed E-state index contributed by atoms with van der Waals surface area (Å²) in [7, 11) is 0. The molecule has 0 amide bonds. The van der Waals surface area contributed by atoms with E-state index < -0.39 is 0 Å². The van der Waals surface area contributed by atoms with E-state index in [9.17, 15) is 5.11 Å². The van der Waals surface area contributed by atoms with Gasteiger partial charge in [-0.3, -0.25) is 4.90 Å². The topological polar surface area (TPSA) is 44.7 Å². The van der Waals surface area contributed by atoms with Crippen LogP contribution >= 0.6 is 0 Å². The lowest BCUT2D eigenvalue weighted by Crippen LogP contribution is -2.46. The predicted octanol–water partition coefficient (Wildman–Crippen LogP) is 1.67. The smallest absolute Gasteiger partial charge is 0.0932 e. The Morgan fingerprint density at radius 1 is 1.38 bits per heavy atom. The molecule has 1 aromatic rings. The molecule has 3 unspecified atom stereocenters. The normalized spacial score (nSPS) is 22.9. The maximum Gasteiger partial charge on any atom is 0.0932 e. The fourth-order valence-corrected chi connectivity index (χ4v) is 3.10. The maximum atomic E-state index is 9.25. The number of nitrogens with one attached hydrogen (secondary N) is 1. The molecular formula is C17H28N2O2. The fraction of sp³-hybridized carbons (Fsp3) is 0.647. The van der Waals surface area contributed by atoms with Crippen molar-refractivity contribution in [1.29, 1.82) is 0 Å². The quantitative estimate of drug-likeness (QED) is 0.802. The highest BCUT2D eigenvalue weighted by Gasteiger charge is 2.25.